The van der Waals surface area contributed by atoms with Crippen LogP contribution in [0, 0.1) is 5.41 Å². The first-order valence-electron chi connectivity index (χ1n) is 4.52. The van der Waals surface area contributed by atoms with Crippen LogP contribution in [0.4, 0.5) is 0 Å². The lowest BCUT2D eigenvalue weighted by Gasteiger charge is -2.27. The second kappa shape index (κ2) is 3.79. The molecule has 0 spiro atoms. The minimum Gasteiger partial charge on any atom is -0.249 e. The highest BCUT2D eigenvalue weighted by molar-refractivity contribution is 9.10. The topological polar surface area (TPSA) is 12.9 Å². The first-order valence-corrected chi connectivity index (χ1v) is 5.32. The van der Waals surface area contributed by atoms with Crippen molar-refractivity contribution in [3.63, 3.8) is 0 Å². The van der Waals surface area contributed by atoms with E-state index in [2.05, 4.69) is 60.7 Å². The normalized spacial score (nSPS) is 14.2. The van der Waals surface area contributed by atoms with Gasteiger partial charge in [-0.15, -0.1) is 0 Å². The van der Waals surface area contributed by atoms with Gasteiger partial charge >= 0.3 is 0 Å². The molecule has 1 unspecified atom stereocenters. The number of rotatable bonds is 1. The quantitative estimate of drug-likeness (QED) is 0.678. The molecule has 1 rings (SSSR count). The van der Waals surface area contributed by atoms with Crippen LogP contribution < -0.4 is 0 Å². The van der Waals surface area contributed by atoms with E-state index in [4.69, 9.17) is 0 Å². The Hall–Kier alpha value is -0.370. The van der Waals surface area contributed by atoms with E-state index >= 15 is 0 Å². The van der Waals surface area contributed by atoms with E-state index in [1.54, 1.807) is 0 Å². The van der Waals surface area contributed by atoms with Gasteiger partial charge in [0.25, 0.3) is 0 Å². The van der Waals surface area contributed by atoms with Gasteiger partial charge in [0, 0.05) is 6.20 Å². The van der Waals surface area contributed by atoms with Crippen LogP contribution >= 0.6 is 15.9 Å². The maximum Gasteiger partial charge on any atom is 0.106 e. The number of hydrogen-bond acceptors (Lipinski definition) is 1. The average Bonchev–Trinajstić information content (AvgIpc) is 2.01. The third-order valence-corrected chi connectivity index (χ3v) is 2.98. The van der Waals surface area contributed by atoms with Gasteiger partial charge in [0.1, 0.15) is 4.60 Å². The van der Waals surface area contributed by atoms with Crippen LogP contribution in [0.3, 0.4) is 0 Å². The number of hydrogen-bond donors (Lipinski definition) is 0. The Kier molecular flexibility index (Phi) is 3.12. The van der Waals surface area contributed by atoms with Crippen LogP contribution in [-0.2, 0) is 0 Å². The van der Waals surface area contributed by atoms with Crippen molar-refractivity contribution in [1.82, 2.24) is 4.98 Å². The fraction of sp³-hybridized carbons (Fsp3) is 0.545. The van der Waals surface area contributed by atoms with Crippen LogP contribution in [-0.4, -0.2) is 4.98 Å². The lowest BCUT2D eigenvalue weighted by atomic mass is 9.78. The Balaban J connectivity index is 2.96. The molecule has 1 aromatic heterocycles. The van der Waals surface area contributed by atoms with E-state index in [-0.39, 0.29) is 0 Å². The molecule has 2 heteroatoms. The number of pyridine rings is 1. The fourth-order valence-corrected chi connectivity index (χ4v) is 1.57. The molecule has 0 saturated heterocycles. The smallest absolute Gasteiger partial charge is 0.106 e. The van der Waals surface area contributed by atoms with Crippen molar-refractivity contribution in [2.24, 2.45) is 5.41 Å². The van der Waals surface area contributed by atoms with Crippen molar-refractivity contribution in [3.05, 3.63) is 28.5 Å². The van der Waals surface area contributed by atoms with Gasteiger partial charge in [-0.25, -0.2) is 4.98 Å². The van der Waals surface area contributed by atoms with Gasteiger partial charge in [0.2, 0.25) is 0 Å². The molecule has 0 aliphatic carbocycles. The van der Waals surface area contributed by atoms with Crippen molar-refractivity contribution in [2.75, 3.05) is 0 Å². The molecular weight excluding hydrogens is 226 g/mol. The van der Waals surface area contributed by atoms with E-state index in [1.807, 2.05) is 6.20 Å². The molecule has 13 heavy (non-hydrogen) atoms. The van der Waals surface area contributed by atoms with E-state index in [9.17, 15) is 0 Å². The lowest BCUT2D eigenvalue weighted by Crippen LogP contribution is -2.15. The molecule has 0 aromatic carbocycles. The molecule has 0 radical (unpaired) electrons. The summed E-state index contributed by atoms with van der Waals surface area (Å²) >= 11 is 3.39. The highest BCUT2D eigenvalue weighted by Crippen LogP contribution is 2.34. The van der Waals surface area contributed by atoms with Gasteiger partial charge < -0.3 is 0 Å². The van der Waals surface area contributed by atoms with E-state index in [0.717, 1.165) is 4.60 Å². The summed E-state index contributed by atoms with van der Waals surface area (Å²) in [5.74, 6) is 0.548. The largest absolute Gasteiger partial charge is 0.249 e. The molecule has 1 atom stereocenters. The third-order valence-electron chi connectivity index (χ3n) is 2.55. The van der Waals surface area contributed by atoms with E-state index in [0.29, 0.717) is 11.3 Å². The molecule has 72 valence electrons. The monoisotopic (exact) mass is 241 g/mol. The molecular formula is C11H16BrN. The van der Waals surface area contributed by atoms with Crippen LogP contribution in [0.5, 0.6) is 0 Å². The summed E-state index contributed by atoms with van der Waals surface area (Å²) in [4.78, 5) is 4.12. The van der Waals surface area contributed by atoms with Crippen LogP contribution in [0.25, 0.3) is 0 Å². The second-order valence-electron chi connectivity index (χ2n) is 4.50. The number of halogens is 1. The van der Waals surface area contributed by atoms with Gasteiger partial charge in [-0.3, -0.25) is 0 Å². The molecule has 0 bridgehead atoms. The zero-order chi connectivity index (χ0) is 10.1. The SMILES string of the molecule is CC(c1ccnc(Br)c1)C(C)(C)C. The van der Waals surface area contributed by atoms with Crippen LogP contribution in [0.2, 0.25) is 0 Å². The summed E-state index contributed by atoms with van der Waals surface area (Å²) in [6.07, 6.45) is 1.85. The first kappa shape index (κ1) is 10.7. The lowest BCUT2D eigenvalue weighted by molar-refractivity contribution is 0.339. The number of nitrogens with zero attached hydrogens (tertiary/aromatic N) is 1. The summed E-state index contributed by atoms with van der Waals surface area (Å²) in [5.41, 5.74) is 1.65. The van der Waals surface area contributed by atoms with Crippen molar-refractivity contribution in [3.8, 4) is 0 Å². The maximum absolute atomic E-state index is 4.12. The summed E-state index contributed by atoms with van der Waals surface area (Å²) in [5, 5.41) is 0. The van der Waals surface area contributed by atoms with Crippen LogP contribution in [0.15, 0.2) is 22.9 Å². The highest BCUT2D eigenvalue weighted by atomic mass is 79.9. The molecule has 1 aromatic rings. The minimum atomic E-state index is 0.306. The predicted molar refractivity (Wildman–Crippen MR) is 59.8 cm³/mol. The molecule has 0 amide bonds. The van der Waals surface area contributed by atoms with E-state index < -0.39 is 0 Å². The molecule has 0 N–H and O–H groups in total. The Morgan fingerprint density at radius 3 is 2.46 bits per heavy atom. The van der Waals surface area contributed by atoms with Gasteiger partial charge in [-0.1, -0.05) is 27.7 Å². The molecule has 0 aliphatic heterocycles. The molecule has 0 fully saturated rings. The predicted octanol–water partition coefficient (Wildman–Crippen LogP) is 3.99. The molecule has 1 heterocycles. The van der Waals surface area contributed by atoms with Gasteiger partial charge in [0.15, 0.2) is 0 Å². The summed E-state index contributed by atoms with van der Waals surface area (Å²) in [7, 11) is 0. The maximum atomic E-state index is 4.12. The zero-order valence-corrected chi connectivity index (χ0v) is 10.2. The second-order valence-corrected chi connectivity index (χ2v) is 5.31. The van der Waals surface area contributed by atoms with Crippen LogP contribution in [0.1, 0.15) is 39.2 Å². The van der Waals surface area contributed by atoms with Crippen molar-refractivity contribution >= 4 is 15.9 Å². The third kappa shape index (κ3) is 2.80. The standard InChI is InChI=1S/C11H16BrN/c1-8(11(2,3)4)9-5-6-13-10(12)7-9/h5-8H,1-4H3. The van der Waals surface area contributed by atoms with Crippen molar-refractivity contribution < 1.29 is 0 Å². The summed E-state index contributed by atoms with van der Waals surface area (Å²) in [6.45, 7) is 9.02. The Morgan fingerprint density at radius 1 is 1.38 bits per heavy atom. The molecule has 0 aliphatic rings. The van der Waals surface area contributed by atoms with Gasteiger partial charge in [0.05, 0.1) is 0 Å². The van der Waals surface area contributed by atoms with Crippen molar-refractivity contribution in [2.45, 2.75) is 33.6 Å². The Bertz CT molecular complexity index is 288. The highest BCUT2D eigenvalue weighted by Gasteiger charge is 2.21. The minimum absolute atomic E-state index is 0.306. The summed E-state index contributed by atoms with van der Waals surface area (Å²) < 4.78 is 0.918. The molecule has 1 nitrogen and oxygen atoms in total. The van der Waals surface area contributed by atoms with Gasteiger partial charge in [-0.05, 0) is 45.0 Å². The Morgan fingerprint density at radius 2 is 2.00 bits per heavy atom. The zero-order valence-electron chi connectivity index (χ0n) is 8.63. The van der Waals surface area contributed by atoms with Gasteiger partial charge in [-0.2, -0.15) is 0 Å². The average molecular weight is 242 g/mol. The first-order chi connectivity index (χ1) is 5.91. The number of aromatic nitrogens is 1. The molecule has 0 saturated carbocycles. The van der Waals surface area contributed by atoms with E-state index in [1.165, 1.54) is 5.56 Å². The fourth-order valence-electron chi connectivity index (χ4n) is 1.19. The summed E-state index contributed by atoms with van der Waals surface area (Å²) in [6, 6.07) is 4.18. The Labute approximate surface area is 88.7 Å². The van der Waals surface area contributed by atoms with Crippen molar-refractivity contribution in [1.29, 1.82) is 0 Å².